The summed E-state index contributed by atoms with van der Waals surface area (Å²) in [6.07, 6.45) is 0.747. The zero-order valence-electron chi connectivity index (χ0n) is 18.5. The van der Waals surface area contributed by atoms with E-state index < -0.39 is 11.7 Å². The predicted molar refractivity (Wildman–Crippen MR) is 118 cm³/mol. The standard InChI is InChI=1S/C23H26N4O5/c1-5-31-16-8-6-15(7-9-16)26(22(30)32-23(2,3)4)21-17(11-13-28)20(29)18(14-24)19-10-12-25-27(19)21/h6-10,12,28-29H,5,11,13H2,1-4H3. The van der Waals surface area contributed by atoms with E-state index in [9.17, 15) is 20.3 Å². The molecule has 0 fully saturated rings. The lowest BCUT2D eigenvalue weighted by Crippen LogP contribution is -2.35. The number of nitriles is 1. The van der Waals surface area contributed by atoms with Gasteiger partial charge in [-0.15, -0.1) is 0 Å². The molecule has 168 valence electrons. The summed E-state index contributed by atoms with van der Waals surface area (Å²) in [5.74, 6) is 0.487. The third-order valence-electron chi connectivity index (χ3n) is 4.56. The number of pyridine rings is 1. The summed E-state index contributed by atoms with van der Waals surface area (Å²) in [5, 5.41) is 34.4. The van der Waals surface area contributed by atoms with Crippen LogP contribution in [0.1, 0.15) is 38.8 Å². The fraction of sp³-hybridized carbons (Fsp3) is 0.348. The van der Waals surface area contributed by atoms with Gasteiger partial charge in [-0.05, 0) is 58.0 Å². The highest BCUT2D eigenvalue weighted by atomic mass is 16.6. The quantitative estimate of drug-likeness (QED) is 0.598. The number of ether oxygens (including phenoxy) is 2. The molecular weight excluding hydrogens is 412 g/mol. The predicted octanol–water partition coefficient (Wildman–Crippen LogP) is 3.92. The first-order chi connectivity index (χ1) is 15.2. The molecule has 2 heterocycles. The first-order valence-corrected chi connectivity index (χ1v) is 10.2. The van der Waals surface area contributed by atoms with Crippen LogP contribution in [0.5, 0.6) is 11.5 Å². The Morgan fingerprint density at radius 3 is 2.50 bits per heavy atom. The van der Waals surface area contributed by atoms with Crippen LogP contribution in [0.25, 0.3) is 5.52 Å². The summed E-state index contributed by atoms with van der Waals surface area (Å²) in [5.41, 5.74) is 0.157. The van der Waals surface area contributed by atoms with E-state index in [4.69, 9.17) is 9.47 Å². The summed E-state index contributed by atoms with van der Waals surface area (Å²) in [6.45, 7) is 7.29. The van der Waals surface area contributed by atoms with Gasteiger partial charge in [-0.1, -0.05) is 0 Å². The molecule has 9 heteroatoms. The van der Waals surface area contributed by atoms with Crippen molar-refractivity contribution in [3.8, 4) is 17.6 Å². The minimum atomic E-state index is -0.796. The number of anilines is 2. The van der Waals surface area contributed by atoms with Gasteiger partial charge in [-0.2, -0.15) is 10.4 Å². The van der Waals surface area contributed by atoms with Gasteiger partial charge in [0.25, 0.3) is 0 Å². The van der Waals surface area contributed by atoms with E-state index >= 15 is 0 Å². The molecule has 0 atom stereocenters. The molecule has 0 aliphatic rings. The fourth-order valence-corrected chi connectivity index (χ4v) is 3.33. The van der Waals surface area contributed by atoms with Crippen molar-refractivity contribution in [2.75, 3.05) is 18.1 Å². The normalized spacial score (nSPS) is 11.2. The highest BCUT2D eigenvalue weighted by Crippen LogP contribution is 2.39. The van der Waals surface area contributed by atoms with E-state index in [1.54, 1.807) is 51.1 Å². The molecule has 9 nitrogen and oxygen atoms in total. The average molecular weight is 438 g/mol. The number of carbonyl (C=O) groups is 1. The molecule has 1 amide bonds. The van der Waals surface area contributed by atoms with Crippen LogP contribution in [0, 0.1) is 11.3 Å². The summed E-state index contributed by atoms with van der Waals surface area (Å²) in [4.78, 5) is 14.7. The van der Waals surface area contributed by atoms with E-state index in [2.05, 4.69) is 5.10 Å². The molecule has 1 aromatic carbocycles. The molecule has 0 spiro atoms. The van der Waals surface area contributed by atoms with Gasteiger partial charge < -0.3 is 19.7 Å². The molecule has 2 N–H and O–H groups in total. The van der Waals surface area contributed by atoms with Crippen LogP contribution in [0.15, 0.2) is 36.5 Å². The minimum Gasteiger partial charge on any atom is -0.506 e. The number of nitrogens with zero attached hydrogens (tertiary/aromatic N) is 4. The van der Waals surface area contributed by atoms with Gasteiger partial charge in [0.2, 0.25) is 0 Å². The number of hydrogen-bond donors (Lipinski definition) is 2. The minimum absolute atomic E-state index is 0.00512. The Bertz CT molecular complexity index is 1160. The maximum absolute atomic E-state index is 13.4. The zero-order valence-corrected chi connectivity index (χ0v) is 18.5. The van der Waals surface area contributed by atoms with Gasteiger partial charge in [0, 0.05) is 18.6 Å². The molecule has 0 saturated carbocycles. The van der Waals surface area contributed by atoms with Crippen molar-refractivity contribution in [3.05, 3.63) is 47.7 Å². The van der Waals surface area contributed by atoms with Gasteiger partial charge in [0.15, 0.2) is 5.82 Å². The SMILES string of the molecule is CCOc1ccc(N(C(=O)OC(C)(C)C)c2c(CCO)c(O)c(C#N)c3ccnn23)cc1. The Morgan fingerprint density at radius 1 is 1.25 bits per heavy atom. The van der Waals surface area contributed by atoms with Crippen molar-refractivity contribution >= 4 is 23.1 Å². The van der Waals surface area contributed by atoms with Crippen molar-refractivity contribution < 1.29 is 24.5 Å². The number of aromatic nitrogens is 2. The average Bonchev–Trinajstić information content (AvgIpc) is 3.20. The van der Waals surface area contributed by atoms with E-state index in [-0.39, 0.29) is 35.7 Å². The number of fused-ring (bicyclic) bond motifs is 1. The van der Waals surface area contributed by atoms with Crippen molar-refractivity contribution in [2.24, 2.45) is 0 Å². The van der Waals surface area contributed by atoms with Crippen molar-refractivity contribution in [3.63, 3.8) is 0 Å². The Hall–Kier alpha value is -3.77. The molecule has 2 aromatic heterocycles. The monoisotopic (exact) mass is 438 g/mol. The molecular formula is C23H26N4O5. The van der Waals surface area contributed by atoms with E-state index in [1.165, 1.54) is 15.6 Å². The first kappa shape index (κ1) is 22.9. The molecule has 0 unspecified atom stereocenters. The van der Waals surface area contributed by atoms with Crippen molar-refractivity contribution in [1.29, 1.82) is 5.26 Å². The fourth-order valence-electron chi connectivity index (χ4n) is 3.33. The second-order valence-electron chi connectivity index (χ2n) is 7.98. The maximum atomic E-state index is 13.4. The lowest BCUT2D eigenvalue weighted by molar-refractivity contribution is 0.0597. The molecule has 0 bridgehead atoms. The van der Waals surface area contributed by atoms with Gasteiger partial charge in [-0.3, -0.25) is 0 Å². The highest BCUT2D eigenvalue weighted by molar-refractivity contribution is 5.97. The Balaban J connectivity index is 2.31. The smallest absolute Gasteiger partial charge is 0.420 e. The van der Waals surface area contributed by atoms with Gasteiger partial charge in [0.1, 0.15) is 28.7 Å². The van der Waals surface area contributed by atoms with Crippen LogP contribution >= 0.6 is 0 Å². The molecule has 3 aromatic rings. The van der Waals surface area contributed by atoms with Crippen LogP contribution < -0.4 is 9.64 Å². The molecule has 0 aliphatic heterocycles. The third-order valence-corrected chi connectivity index (χ3v) is 4.56. The topological polar surface area (TPSA) is 120 Å². The third kappa shape index (κ3) is 4.45. The van der Waals surface area contributed by atoms with Crippen molar-refractivity contribution in [1.82, 2.24) is 9.61 Å². The summed E-state index contributed by atoms with van der Waals surface area (Å²) < 4.78 is 12.5. The van der Waals surface area contributed by atoms with Crippen LogP contribution in [0.4, 0.5) is 16.3 Å². The summed E-state index contributed by atoms with van der Waals surface area (Å²) in [6, 6.07) is 10.3. The number of rotatable bonds is 6. The Morgan fingerprint density at radius 2 is 1.94 bits per heavy atom. The number of hydrogen-bond acceptors (Lipinski definition) is 7. The van der Waals surface area contributed by atoms with E-state index in [0.717, 1.165) is 0 Å². The Kier molecular flexibility index (Phi) is 6.55. The van der Waals surface area contributed by atoms with Crippen LogP contribution in [-0.2, 0) is 11.2 Å². The van der Waals surface area contributed by atoms with Crippen molar-refractivity contribution in [2.45, 2.75) is 39.7 Å². The molecule has 0 saturated heterocycles. The lowest BCUT2D eigenvalue weighted by Gasteiger charge is -2.29. The number of aromatic hydroxyl groups is 1. The van der Waals surface area contributed by atoms with Gasteiger partial charge >= 0.3 is 6.09 Å². The molecule has 32 heavy (non-hydrogen) atoms. The van der Waals surface area contributed by atoms with Gasteiger partial charge in [0.05, 0.1) is 24.0 Å². The second-order valence-corrected chi connectivity index (χ2v) is 7.98. The van der Waals surface area contributed by atoms with Gasteiger partial charge in [-0.25, -0.2) is 14.2 Å². The second kappa shape index (κ2) is 9.16. The highest BCUT2D eigenvalue weighted by Gasteiger charge is 2.31. The molecule has 0 radical (unpaired) electrons. The zero-order chi connectivity index (χ0) is 23.5. The number of aliphatic hydroxyl groups is 1. The molecule has 3 rings (SSSR count). The number of carbonyl (C=O) groups excluding carboxylic acids is 1. The summed E-state index contributed by atoms with van der Waals surface area (Å²) >= 11 is 0. The number of benzene rings is 1. The number of amides is 1. The molecule has 0 aliphatic carbocycles. The Labute approximate surface area is 186 Å². The van der Waals surface area contributed by atoms with E-state index in [1.807, 2.05) is 13.0 Å². The van der Waals surface area contributed by atoms with E-state index in [0.29, 0.717) is 23.6 Å². The van der Waals surface area contributed by atoms with Crippen LogP contribution in [0.2, 0.25) is 0 Å². The van der Waals surface area contributed by atoms with Crippen LogP contribution in [0.3, 0.4) is 0 Å². The van der Waals surface area contributed by atoms with Crippen LogP contribution in [-0.4, -0.2) is 44.7 Å². The maximum Gasteiger partial charge on any atom is 0.420 e. The number of aliphatic hydroxyl groups excluding tert-OH is 1. The largest absolute Gasteiger partial charge is 0.506 e. The summed E-state index contributed by atoms with van der Waals surface area (Å²) in [7, 11) is 0. The first-order valence-electron chi connectivity index (χ1n) is 10.2. The lowest BCUT2D eigenvalue weighted by atomic mass is 10.1.